The molecule has 2 aromatic carbocycles. The number of rotatable bonds is 4. The van der Waals surface area contributed by atoms with Gasteiger partial charge in [-0.1, -0.05) is 6.07 Å². The van der Waals surface area contributed by atoms with Crippen LogP contribution in [0, 0.1) is 5.82 Å². The maximum absolute atomic E-state index is 13.5. The van der Waals surface area contributed by atoms with Crippen LogP contribution in [0.15, 0.2) is 36.4 Å². The smallest absolute Gasteiger partial charge is 0.409 e. The normalized spacial score (nSPS) is 10.0. The van der Waals surface area contributed by atoms with E-state index in [1.807, 2.05) is 0 Å². The Morgan fingerprint density at radius 2 is 1.67 bits per heavy atom. The monoisotopic (exact) mass is 291 g/mol. The van der Waals surface area contributed by atoms with Gasteiger partial charge < -0.3 is 19.9 Å². The maximum atomic E-state index is 13.5. The zero-order valence-corrected chi connectivity index (χ0v) is 11.6. The fourth-order valence-corrected chi connectivity index (χ4v) is 1.93. The number of carbonyl (C=O) groups excluding carboxylic acids is 1. The molecule has 0 unspecified atom stereocenters. The summed E-state index contributed by atoms with van der Waals surface area (Å²) in [7, 11) is 3.01. The van der Waals surface area contributed by atoms with Crippen LogP contribution in [0.4, 0.5) is 9.18 Å². The van der Waals surface area contributed by atoms with E-state index in [0.717, 1.165) is 0 Å². The number of carbonyl (C=O) groups is 1. The van der Waals surface area contributed by atoms with Gasteiger partial charge in [-0.3, -0.25) is 0 Å². The van der Waals surface area contributed by atoms with Gasteiger partial charge in [0.25, 0.3) is 0 Å². The van der Waals surface area contributed by atoms with Crippen LogP contribution < -0.4 is 19.9 Å². The summed E-state index contributed by atoms with van der Waals surface area (Å²) in [6.07, 6.45) is -0.969. The van der Waals surface area contributed by atoms with Crippen molar-refractivity contribution >= 4 is 6.09 Å². The first-order valence-corrected chi connectivity index (χ1v) is 6.04. The zero-order valence-electron chi connectivity index (χ0n) is 11.6. The Labute approximate surface area is 121 Å². The number of ether oxygens (including phenoxy) is 3. The average Bonchev–Trinajstić information content (AvgIpc) is 2.48. The molecule has 1 amide bonds. The summed E-state index contributed by atoms with van der Waals surface area (Å²) >= 11 is 0. The summed E-state index contributed by atoms with van der Waals surface area (Å²) in [4.78, 5) is 10.9. The van der Waals surface area contributed by atoms with Gasteiger partial charge in [0.15, 0.2) is 11.5 Å². The molecule has 0 fully saturated rings. The molecule has 0 bridgehead atoms. The molecule has 0 aliphatic carbocycles. The first-order valence-electron chi connectivity index (χ1n) is 6.04. The molecule has 110 valence electrons. The van der Waals surface area contributed by atoms with Crippen LogP contribution in [0.3, 0.4) is 0 Å². The molecule has 0 heterocycles. The lowest BCUT2D eigenvalue weighted by Gasteiger charge is -2.12. The largest absolute Gasteiger partial charge is 0.493 e. The van der Waals surface area contributed by atoms with Gasteiger partial charge in [0.2, 0.25) is 0 Å². The summed E-state index contributed by atoms with van der Waals surface area (Å²) in [6, 6.07) is 8.80. The Bertz CT molecular complexity index is 673. The molecule has 0 spiro atoms. The van der Waals surface area contributed by atoms with E-state index in [1.54, 1.807) is 18.2 Å². The predicted octanol–water partition coefficient (Wildman–Crippen LogP) is 2.97. The minimum atomic E-state index is -0.969. The molecule has 6 heteroatoms. The van der Waals surface area contributed by atoms with Crippen molar-refractivity contribution in [3.05, 3.63) is 42.2 Å². The second-order valence-electron chi connectivity index (χ2n) is 4.13. The Kier molecular flexibility index (Phi) is 4.27. The highest BCUT2D eigenvalue weighted by molar-refractivity contribution is 5.77. The van der Waals surface area contributed by atoms with Crippen LogP contribution in [0.1, 0.15) is 0 Å². The summed E-state index contributed by atoms with van der Waals surface area (Å²) in [5.41, 5.74) is 6.00. The molecular weight excluding hydrogens is 277 g/mol. The van der Waals surface area contributed by atoms with Gasteiger partial charge in [-0.2, -0.15) is 0 Å². The van der Waals surface area contributed by atoms with Gasteiger partial charge in [-0.25, -0.2) is 9.18 Å². The van der Waals surface area contributed by atoms with E-state index in [-0.39, 0.29) is 5.75 Å². The number of amides is 1. The molecule has 0 aromatic heterocycles. The maximum Gasteiger partial charge on any atom is 0.409 e. The molecule has 0 aliphatic rings. The van der Waals surface area contributed by atoms with E-state index >= 15 is 0 Å². The molecule has 2 N–H and O–H groups in total. The fourth-order valence-electron chi connectivity index (χ4n) is 1.93. The summed E-state index contributed by atoms with van der Waals surface area (Å²) in [5.74, 6) is 0.715. The molecule has 0 radical (unpaired) electrons. The first-order chi connectivity index (χ1) is 10.0. The highest BCUT2D eigenvalue weighted by atomic mass is 19.1. The van der Waals surface area contributed by atoms with Crippen molar-refractivity contribution in [2.75, 3.05) is 14.2 Å². The molecule has 2 rings (SSSR count). The van der Waals surface area contributed by atoms with Crippen molar-refractivity contribution in [3.8, 4) is 28.4 Å². The Morgan fingerprint density at radius 3 is 2.29 bits per heavy atom. The SMILES string of the molecule is COc1ccc(-c2cc(F)ccc2OC(N)=O)cc1OC. The first kappa shape index (κ1) is 14.6. The van der Waals surface area contributed by atoms with Gasteiger partial charge in [-0.15, -0.1) is 0 Å². The minimum Gasteiger partial charge on any atom is -0.493 e. The number of methoxy groups -OCH3 is 2. The molecule has 0 atom stereocenters. The molecular formula is C15H14FNO4. The molecule has 2 aromatic rings. The van der Waals surface area contributed by atoms with Crippen LogP contribution in [-0.4, -0.2) is 20.3 Å². The lowest BCUT2D eigenvalue weighted by molar-refractivity contribution is 0.211. The third-order valence-corrected chi connectivity index (χ3v) is 2.85. The predicted molar refractivity (Wildman–Crippen MR) is 75.2 cm³/mol. The number of hydrogen-bond donors (Lipinski definition) is 1. The Morgan fingerprint density at radius 1 is 1.00 bits per heavy atom. The van der Waals surface area contributed by atoms with Crippen molar-refractivity contribution in [1.29, 1.82) is 0 Å². The Balaban J connectivity index is 2.54. The highest BCUT2D eigenvalue weighted by Crippen LogP contribution is 2.36. The van der Waals surface area contributed by atoms with Crippen LogP contribution in [0.5, 0.6) is 17.2 Å². The average molecular weight is 291 g/mol. The van der Waals surface area contributed by atoms with E-state index in [0.29, 0.717) is 22.6 Å². The highest BCUT2D eigenvalue weighted by Gasteiger charge is 2.13. The van der Waals surface area contributed by atoms with Crippen LogP contribution in [0.2, 0.25) is 0 Å². The molecule has 0 aliphatic heterocycles. The van der Waals surface area contributed by atoms with E-state index in [1.165, 1.54) is 32.4 Å². The topological polar surface area (TPSA) is 70.8 Å². The quantitative estimate of drug-likeness (QED) is 0.940. The summed E-state index contributed by atoms with van der Waals surface area (Å²) < 4.78 is 28.7. The van der Waals surface area contributed by atoms with Gasteiger partial charge >= 0.3 is 6.09 Å². The third kappa shape index (κ3) is 3.22. The number of halogens is 1. The van der Waals surface area contributed by atoms with Crippen molar-refractivity contribution in [2.24, 2.45) is 5.73 Å². The van der Waals surface area contributed by atoms with E-state index < -0.39 is 11.9 Å². The van der Waals surface area contributed by atoms with E-state index in [2.05, 4.69) is 0 Å². The van der Waals surface area contributed by atoms with Crippen molar-refractivity contribution in [2.45, 2.75) is 0 Å². The fraction of sp³-hybridized carbons (Fsp3) is 0.133. The van der Waals surface area contributed by atoms with Crippen LogP contribution in [0.25, 0.3) is 11.1 Å². The third-order valence-electron chi connectivity index (χ3n) is 2.85. The summed E-state index contributed by atoms with van der Waals surface area (Å²) in [6.45, 7) is 0. The minimum absolute atomic E-state index is 0.163. The van der Waals surface area contributed by atoms with Crippen molar-refractivity contribution in [3.63, 3.8) is 0 Å². The van der Waals surface area contributed by atoms with Gasteiger partial charge in [-0.05, 0) is 35.9 Å². The van der Waals surface area contributed by atoms with Gasteiger partial charge in [0.1, 0.15) is 11.6 Å². The standard InChI is InChI=1S/C15H14FNO4/c1-19-13-5-3-9(7-14(13)20-2)11-8-10(16)4-6-12(11)21-15(17)18/h3-8H,1-2H3,(H2,17,18). The van der Waals surface area contributed by atoms with E-state index in [4.69, 9.17) is 19.9 Å². The van der Waals surface area contributed by atoms with Crippen molar-refractivity contribution in [1.82, 2.24) is 0 Å². The molecule has 0 saturated heterocycles. The lowest BCUT2D eigenvalue weighted by atomic mass is 10.0. The second-order valence-corrected chi connectivity index (χ2v) is 4.13. The number of benzene rings is 2. The number of hydrogen-bond acceptors (Lipinski definition) is 4. The van der Waals surface area contributed by atoms with Crippen LogP contribution in [-0.2, 0) is 0 Å². The zero-order chi connectivity index (χ0) is 15.4. The van der Waals surface area contributed by atoms with Crippen LogP contribution >= 0.6 is 0 Å². The Hall–Kier alpha value is -2.76. The molecule has 21 heavy (non-hydrogen) atoms. The lowest BCUT2D eigenvalue weighted by Crippen LogP contribution is -2.16. The second kappa shape index (κ2) is 6.13. The molecule has 5 nitrogen and oxygen atoms in total. The van der Waals surface area contributed by atoms with Gasteiger partial charge in [0.05, 0.1) is 14.2 Å². The van der Waals surface area contributed by atoms with Gasteiger partial charge in [0, 0.05) is 5.56 Å². The number of nitrogens with two attached hydrogens (primary N) is 1. The number of primary amides is 1. The van der Waals surface area contributed by atoms with E-state index in [9.17, 15) is 9.18 Å². The van der Waals surface area contributed by atoms with Crippen molar-refractivity contribution < 1.29 is 23.4 Å². The molecule has 0 saturated carbocycles. The summed E-state index contributed by atoms with van der Waals surface area (Å²) in [5, 5.41) is 0.